The molecule has 0 atom stereocenters. The lowest BCUT2D eigenvalue weighted by molar-refractivity contribution is -0.121. The highest BCUT2D eigenvalue weighted by molar-refractivity contribution is 6.07. The third-order valence-electron chi connectivity index (χ3n) is 3.69. The molecule has 0 aliphatic carbocycles. The van der Waals surface area contributed by atoms with Crippen molar-refractivity contribution in [2.24, 2.45) is 0 Å². The summed E-state index contributed by atoms with van der Waals surface area (Å²) in [5, 5.41) is 8.55. The summed E-state index contributed by atoms with van der Waals surface area (Å²) in [6.07, 6.45) is 2.35. The molecule has 0 unspecified atom stereocenters. The van der Waals surface area contributed by atoms with E-state index >= 15 is 0 Å². The van der Waals surface area contributed by atoms with Gasteiger partial charge in [-0.1, -0.05) is 12.1 Å². The van der Waals surface area contributed by atoms with Crippen molar-refractivity contribution in [3.63, 3.8) is 0 Å². The number of rotatable bonds is 3. The van der Waals surface area contributed by atoms with Gasteiger partial charge in [0.25, 0.3) is 0 Å². The van der Waals surface area contributed by atoms with Crippen LogP contribution < -0.4 is 4.90 Å². The van der Waals surface area contributed by atoms with Crippen LogP contribution in [0.5, 0.6) is 0 Å². The van der Waals surface area contributed by atoms with Crippen molar-refractivity contribution in [2.75, 3.05) is 11.9 Å². The van der Waals surface area contributed by atoms with Crippen LogP contribution in [-0.2, 0) is 16.6 Å². The van der Waals surface area contributed by atoms with Crippen molar-refractivity contribution < 1.29 is 4.79 Å². The topological polar surface area (TPSA) is 44.1 Å². The van der Waals surface area contributed by atoms with E-state index in [4.69, 9.17) is 5.26 Å². The maximum Gasteiger partial charge on any atom is 0.236 e. The van der Waals surface area contributed by atoms with Gasteiger partial charge in [-0.15, -0.1) is 0 Å². The van der Waals surface area contributed by atoms with Gasteiger partial charge >= 0.3 is 0 Å². The van der Waals surface area contributed by atoms with E-state index in [1.54, 1.807) is 4.90 Å². The van der Waals surface area contributed by atoms with E-state index in [0.29, 0.717) is 6.42 Å². The fourth-order valence-corrected chi connectivity index (χ4v) is 2.55. The minimum absolute atomic E-state index is 0.145. The summed E-state index contributed by atoms with van der Waals surface area (Å²) in [6.45, 7) is 3.94. The molecule has 3 nitrogen and oxygen atoms in total. The van der Waals surface area contributed by atoms with Crippen LogP contribution in [0.3, 0.4) is 0 Å². The Morgan fingerprint density at radius 1 is 1.39 bits per heavy atom. The molecule has 1 aromatic carbocycles. The van der Waals surface area contributed by atoms with E-state index in [1.165, 1.54) is 5.56 Å². The Bertz CT molecular complexity index is 526. The van der Waals surface area contributed by atoms with Gasteiger partial charge in [0.05, 0.1) is 11.5 Å². The molecule has 0 N–H and O–H groups in total. The number of aryl methyl sites for hydroxylation is 1. The third-order valence-corrected chi connectivity index (χ3v) is 3.69. The Balaban J connectivity index is 2.31. The third kappa shape index (κ3) is 1.88. The van der Waals surface area contributed by atoms with E-state index in [-0.39, 0.29) is 5.91 Å². The summed E-state index contributed by atoms with van der Waals surface area (Å²) >= 11 is 0. The van der Waals surface area contributed by atoms with Gasteiger partial charge < -0.3 is 4.90 Å². The van der Waals surface area contributed by atoms with Crippen LogP contribution in [-0.4, -0.2) is 13.0 Å². The second-order valence-electron chi connectivity index (χ2n) is 5.35. The Labute approximate surface area is 108 Å². The molecule has 0 bridgehead atoms. The fourth-order valence-electron chi connectivity index (χ4n) is 2.55. The molecule has 1 aromatic rings. The summed E-state index contributed by atoms with van der Waals surface area (Å²) in [5.74, 6) is 0.145. The molecule has 2 rings (SSSR count). The number of carbonyl (C=O) groups excluding carboxylic acids is 1. The summed E-state index contributed by atoms with van der Waals surface area (Å²) in [4.78, 5) is 13.9. The minimum atomic E-state index is -0.435. The first kappa shape index (κ1) is 12.6. The number of nitrogens with zero attached hydrogens (tertiary/aromatic N) is 2. The molecule has 94 valence electrons. The Hall–Kier alpha value is -1.82. The summed E-state index contributed by atoms with van der Waals surface area (Å²) in [6, 6.07) is 8.35. The predicted molar refractivity (Wildman–Crippen MR) is 71.4 cm³/mol. The molecular weight excluding hydrogens is 224 g/mol. The van der Waals surface area contributed by atoms with Crippen LogP contribution in [0, 0.1) is 11.3 Å². The van der Waals surface area contributed by atoms with Crippen LogP contribution in [0.4, 0.5) is 5.69 Å². The van der Waals surface area contributed by atoms with E-state index in [0.717, 1.165) is 24.1 Å². The minimum Gasteiger partial charge on any atom is -0.314 e. The zero-order valence-electron chi connectivity index (χ0n) is 11.2. The number of amides is 1. The van der Waals surface area contributed by atoms with E-state index < -0.39 is 5.41 Å². The largest absolute Gasteiger partial charge is 0.314 e. The van der Waals surface area contributed by atoms with Gasteiger partial charge in [-0.2, -0.15) is 5.26 Å². The van der Waals surface area contributed by atoms with Gasteiger partial charge in [0.1, 0.15) is 0 Å². The molecule has 0 aromatic heterocycles. The number of hydrogen-bond acceptors (Lipinski definition) is 2. The lowest BCUT2D eigenvalue weighted by Gasteiger charge is -2.16. The van der Waals surface area contributed by atoms with Crippen LogP contribution in [0.25, 0.3) is 0 Å². The average molecular weight is 242 g/mol. The van der Waals surface area contributed by atoms with Crippen molar-refractivity contribution in [2.45, 2.75) is 38.5 Å². The molecule has 0 fully saturated rings. The molecule has 18 heavy (non-hydrogen) atoms. The van der Waals surface area contributed by atoms with Crippen molar-refractivity contribution in [1.82, 2.24) is 0 Å². The smallest absolute Gasteiger partial charge is 0.236 e. The van der Waals surface area contributed by atoms with Crippen molar-refractivity contribution in [1.29, 1.82) is 5.26 Å². The summed E-state index contributed by atoms with van der Waals surface area (Å²) < 4.78 is 0. The van der Waals surface area contributed by atoms with Crippen molar-refractivity contribution in [3.05, 3.63) is 29.3 Å². The predicted octanol–water partition coefficient (Wildman–Crippen LogP) is 2.79. The Kier molecular flexibility index (Phi) is 3.13. The quantitative estimate of drug-likeness (QED) is 0.765. The summed E-state index contributed by atoms with van der Waals surface area (Å²) in [5.41, 5.74) is 2.88. The first-order chi connectivity index (χ1) is 8.48. The number of nitriles is 1. The molecule has 1 aliphatic rings. The molecule has 0 radical (unpaired) electrons. The number of anilines is 1. The number of hydrogen-bond donors (Lipinski definition) is 0. The lowest BCUT2D eigenvalue weighted by atomic mass is 9.85. The van der Waals surface area contributed by atoms with Crippen molar-refractivity contribution >= 4 is 11.6 Å². The van der Waals surface area contributed by atoms with Crippen LogP contribution in [0.2, 0.25) is 0 Å². The van der Waals surface area contributed by atoms with Gasteiger partial charge in [0, 0.05) is 19.2 Å². The number of fused-ring (bicyclic) bond motifs is 1. The van der Waals surface area contributed by atoms with Gasteiger partial charge in [-0.05, 0) is 43.9 Å². The molecule has 1 amide bonds. The monoisotopic (exact) mass is 242 g/mol. The fraction of sp³-hybridized carbons (Fsp3) is 0.467. The van der Waals surface area contributed by atoms with Gasteiger partial charge in [0.15, 0.2) is 0 Å². The zero-order valence-corrected chi connectivity index (χ0v) is 11.2. The highest BCUT2D eigenvalue weighted by atomic mass is 16.2. The molecule has 0 saturated carbocycles. The highest BCUT2D eigenvalue weighted by Gasteiger charge is 2.41. The second-order valence-corrected chi connectivity index (χ2v) is 5.35. The van der Waals surface area contributed by atoms with Crippen molar-refractivity contribution in [3.8, 4) is 6.07 Å². The molecule has 1 heterocycles. The lowest BCUT2D eigenvalue weighted by Crippen LogP contribution is -2.33. The van der Waals surface area contributed by atoms with Gasteiger partial charge in [-0.3, -0.25) is 4.79 Å². The van der Waals surface area contributed by atoms with E-state index in [1.807, 2.05) is 27.0 Å². The number of carbonyl (C=O) groups is 1. The van der Waals surface area contributed by atoms with E-state index in [9.17, 15) is 4.79 Å². The number of unbranched alkanes of at least 4 members (excludes halogenated alkanes) is 1. The van der Waals surface area contributed by atoms with Gasteiger partial charge in [-0.25, -0.2) is 0 Å². The molecule has 0 saturated heterocycles. The Morgan fingerprint density at radius 2 is 2.11 bits per heavy atom. The molecule has 1 aliphatic heterocycles. The van der Waals surface area contributed by atoms with Crippen LogP contribution in [0.15, 0.2) is 18.2 Å². The average Bonchev–Trinajstić information content (AvgIpc) is 2.52. The van der Waals surface area contributed by atoms with E-state index in [2.05, 4.69) is 18.2 Å². The standard InChI is InChI=1S/C15H18N2O/c1-15(2)12-10-11(6-4-5-9-16)7-8-13(12)17(3)14(15)18/h7-8,10H,4-6H2,1-3H3. The maximum atomic E-state index is 12.1. The number of likely N-dealkylation sites (N-methyl/N-ethyl adjacent to an activating group) is 1. The normalized spacial score (nSPS) is 16.6. The summed E-state index contributed by atoms with van der Waals surface area (Å²) in [7, 11) is 1.82. The first-order valence-electron chi connectivity index (χ1n) is 6.27. The Morgan fingerprint density at radius 3 is 2.78 bits per heavy atom. The second kappa shape index (κ2) is 4.45. The molecule has 0 spiro atoms. The van der Waals surface area contributed by atoms with Gasteiger partial charge in [0.2, 0.25) is 5.91 Å². The highest BCUT2D eigenvalue weighted by Crippen LogP contribution is 2.41. The number of benzene rings is 1. The molecule has 3 heteroatoms. The first-order valence-corrected chi connectivity index (χ1v) is 6.27. The van der Waals surface area contributed by atoms with Crippen LogP contribution in [0.1, 0.15) is 37.8 Å². The van der Waals surface area contributed by atoms with Crippen LogP contribution >= 0.6 is 0 Å². The zero-order chi connectivity index (χ0) is 13.3. The molecular formula is C15H18N2O. The maximum absolute atomic E-state index is 12.1. The SMILES string of the molecule is CN1C(=O)C(C)(C)c2cc(CCCC#N)ccc21.